The fraction of sp³-hybridized carbons (Fsp3) is 0.462. The highest BCUT2D eigenvalue weighted by atomic mass is 79.9. The zero-order valence-electron chi connectivity index (χ0n) is 11.6. The van der Waals surface area contributed by atoms with Gasteiger partial charge in [-0.15, -0.1) is 0 Å². The van der Waals surface area contributed by atoms with E-state index in [2.05, 4.69) is 26.1 Å². The van der Waals surface area contributed by atoms with Crippen LogP contribution < -0.4 is 5.73 Å². The number of nitrogens with two attached hydrogens (primary N) is 1. The predicted molar refractivity (Wildman–Crippen MR) is 86.7 cm³/mol. The van der Waals surface area contributed by atoms with Gasteiger partial charge in [0.2, 0.25) is 0 Å². The van der Waals surface area contributed by atoms with Crippen LogP contribution in [0.5, 0.6) is 0 Å². The van der Waals surface area contributed by atoms with Crippen molar-refractivity contribution in [1.29, 1.82) is 0 Å². The standard InChI is InChI=1S/C13H17BrN4O2S/c1-21-13(12(15)17-20)4-7-18(8-5-13)11(19)10-9(14)3-2-6-16-10/h2-3,6,20H,4-5,7-8H2,1H3,(H2,15,17). The molecular formula is C13H17BrN4O2S. The van der Waals surface area contributed by atoms with Crippen LogP contribution in [0.1, 0.15) is 23.3 Å². The van der Waals surface area contributed by atoms with Crippen molar-refractivity contribution in [3.05, 3.63) is 28.5 Å². The first-order valence-electron chi connectivity index (χ1n) is 6.47. The largest absolute Gasteiger partial charge is 0.409 e. The Morgan fingerprint density at radius 2 is 2.24 bits per heavy atom. The fourth-order valence-electron chi connectivity index (χ4n) is 2.42. The third kappa shape index (κ3) is 3.16. The summed E-state index contributed by atoms with van der Waals surface area (Å²) in [6.45, 7) is 1.11. The Kier molecular flexibility index (Phi) is 5.10. The molecule has 2 rings (SSSR count). The molecule has 1 aromatic heterocycles. The van der Waals surface area contributed by atoms with Gasteiger partial charge < -0.3 is 15.8 Å². The van der Waals surface area contributed by atoms with Crippen LogP contribution in [-0.4, -0.2) is 50.9 Å². The monoisotopic (exact) mass is 372 g/mol. The second-order valence-corrected chi connectivity index (χ2v) is 6.85. The zero-order valence-corrected chi connectivity index (χ0v) is 14.0. The molecule has 1 aliphatic rings. The second kappa shape index (κ2) is 6.65. The van der Waals surface area contributed by atoms with Crippen molar-refractivity contribution in [2.45, 2.75) is 17.6 Å². The molecule has 0 atom stereocenters. The van der Waals surface area contributed by atoms with Gasteiger partial charge in [-0.2, -0.15) is 11.8 Å². The van der Waals surface area contributed by atoms with Crippen molar-refractivity contribution in [3.63, 3.8) is 0 Å². The van der Waals surface area contributed by atoms with E-state index in [1.807, 2.05) is 6.26 Å². The SMILES string of the molecule is CSC1(/C(N)=N/O)CCN(C(=O)c2ncccc2Br)CC1. The summed E-state index contributed by atoms with van der Waals surface area (Å²) in [6.07, 6.45) is 4.84. The van der Waals surface area contributed by atoms with Crippen molar-refractivity contribution in [3.8, 4) is 0 Å². The first-order chi connectivity index (χ1) is 10.0. The molecule has 0 aromatic carbocycles. The Hall–Kier alpha value is -1.28. The second-order valence-electron chi connectivity index (χ2n) is 4.81. The number of piperidine rings is 1. The van der Waals surface area contributed by atoms with Crippen LogP contribution in [0.2, 0.25) is 0 Å². The topological polar surface area (TPSA) is 91.8 Å². The number of aromatic nitrogens is 1. The van der Waals surface area contributed by atoms with E-state index >= 15 is 0 Å². The molecule has 0 unspecified atom stereocenters. The lowest BCUT2D eigenvalue weighted by atomic mass is 9.94. The van der Waals surface area contributed by atoms with Gasteiger partial charge in [-0.1, -0.05) is 5.16 Å². The molecule has 0 spiro atoms. The van der Waals surface area contributed by atoms with Crippen molar-refractivity contribution >= 4 is 39.4 Å². The van der Waals surface area contributed by atoms with Crippen LogP contribution >= 0.6 is 27.7 Å². The van der Waals surface area contributed by atoms with Crippen molar-refractivity contribution < 1.29 is 10.0 Å². The summed E-state index contributed by atoms with van der Waals surface area (Å²) in [5.41, 5.74) is 6.22. The number of carbonyl (C=O) groups excluding carboxylic acids is 1. The van der Waals surface area contributed by atoms with Gasteiger partial charge in [0, 0.05) is 23.8 Å². The average molecular weight is 373 g/mol. The van der Waals surface area contributed by atoms with Crippen LogP contribution in [0.3, 0.4) is 0 Å². The van der Waals surface area contributed by atoms with Gasteiger partial charge in [-0.25, -0.2) is 4.98 Å². The van der Waals surface area contributed by atoms with Crippen molar-refractivity contribution in [2.75, 3.05) is 19.3 Å². The summed E-state index contributed by atoms with van der Waals surface area (Å²) < 4.78 is 0.292. The van der Waals surface area contributed by atoms with E-state index < -0.39 is 4.75 Å². The first-order valence-corrected chi connectivity index (χ1v) is 8.49. The Morgan fingerprint density at radius 3 is 2.76 bits per heavy atom. The van der Waals surface area contributed by atoms with Crippen LogP contribution in [0.15, 0.2) is 28.0 Å². The maximum Gasteiger partial charge on any atom is 0.273 e. The molecule has 0 aliphatic carbocycles. The van der Waals surface area contributed by atoms with Crippen molar-refractivity contribution in [1.82, 2.24) is 9.88 Å². The highest BCUT2D eigenvalue weighted by Gasteiger charge is 2.39. The molecular weight excluding hydrogens is 356 g/mol. The molecule has 21 heavy (non-hydrogen) atoms. The molecule has 1 saturated heterocycles. The maximum absolute atomic E-state index is 12.5. The van der Waals surface area contributed by atoms with E-state index in [0.717, 1.165) is 0 Å². The molecule has 3 N–H and O–H groups in total. The normalized spacial score (nSPS) is 18.6. The van der Waals surface area contributed by atoms with E-state index in [0.29, 0.717) is 36.1 Å². The van der Waals surface area contributed by atoms with E-state index in [1.54, 1.807) is 35.0 Å². The number of pyridine rings is 1. The van der Waals surface area contributed by atoms with E-state index in [-0.39, 0.29) is 11.7 Å². The molecule has 8 heteroatoms. The van der Waals surface area contributed by atoms with Crippen LogP contribution in [0, 0.1) is 0 Å². The van der Waals surface area contributed by atoms with Gasteiger partial charge in [0.15, 0.2) is 5.84 Å². The Morgan fingerprint density at radius 1 is 1.57 bits per heavy atom. The van der Waals surface area contributed by atoms with Gasteiger partial charge in [0.25, 0.3) is 5.91 Å². The quantitative estimate of drug-likeness (QED) is 0.366. The number of amidine groups is 1. The molecule has 2 heterocycles. The number of halogens is 1. The molecule has 0 saturated carbocycles. The van der Waals surface area contributed by atoms with E-state index in [1.165, 1.54) is 0 Å². The fourth-order valence-corrected chi connectivity index (χ4v) is 3.69. The van der Waals surface area contributed by atoms with Gasteiger partial charge in [0.05, 0.1) is 4.75 Å². The van der Waals surface area contributed by atoms with E-state index in [9.17, 15) is 4.79 Å². The lowest BCUT2D eigenvalue weighted by molar-refractivity contribution is 0.0711. The highest BCUT2D eigenvalue weighted by Crippen LogP contribution is 2.35. The van der Waals surface area contributed by atoms with Crippen LogP contribution in [0.25, 0.3) is 0 Å². The Bertz CT molecular complexity index is 559. The van der Waals surface area contributed by atoms with E-state index in [4.69, 9.17) is 10.9 Å². The number of nitrogens with zero attached hydrogens (tertiary/aromatic N) is 3. The third-order valence-electron chi connectivity index (χ3n) is 3.78. The number of carbonyl (C=O) groups is 1. The minimum atomic E-state index is -0.396. The third-order valence-corrected chi connectivity index (χ3v) is 5.82. The van der Waals surface area contributed by atoms with Gasteiger partial charge in [-0.3, -0.25) is 4.79 Å². The number of likely N-dealkylation sites (tertiary alicyclic amines) is 1. The maximum atomic E-state index is 12.5. The zero-order chi connectivity index (χ0) is 15.5. The number of thioether (sulfide) groups is 1. The molecule has 1 amide bonds. The molecule has 1 aromatic rings. The lowest BCUT2D eigenvalue weighted by Crippen LogP contribution is -2.51. The summed E-state index contributed by atoms with van der Waals surface area (Å²) >= 11 is 4.91. The molecule has 6 nitrogen and oxygen atoms in total. The molecule has 114 valence electrons. The molecule has 1 aliphatic heterocycles. The highest BCUT2D eigenvalue weighted by molar-refractivity contribution is 9.10. The number of hydrogen-bond donors (Lipinski definition) is 2. The predicted octanol–water partition coefficient (Wildman–Crippen LogP) is 1.93. The van der Waals surface area contributed by atoms with Gasteiger partial charge in [0.1, 0.15) is 5.69 Å². The summed E-state index contributed by atoms with van der Waals surface area (Å²) in [5.74, 6) is 0.123. The number of amides is 1. The lowest BCUT2D eigenvalue weighted by Gasteiger charge is -2.39. The van der Waals surface area contributed by atoms with Crippen LogP contribution in [-0.2, 0) is 0 Å². The minimum Gasteiger partial charge on any atom is -0.409 e. The summed E-state index contributed by atoms with van der Waals surface area (Å²) in [6, 6.07) is 3.57. The number of rotatable bonds is 3. The summed E-state index contributed by atoms with van der Waals surface area (Å²) in [5, 5.41) is 12.1. The summed E-state index contributed by atoms with van der Waals surface area (Å²) in [7, 11) is 0. The number of oxime groups is 1. The molecule has 1 fully saturated rings. The Labute approximate surface area is 135 Å². The Balaban J connectivity index is 2.11. The smallest absolute Gasteiger partial charge is 0.273 e. The molecule has 0 bridgehead atoms. The number of hydrogen-bond acceptors (Lipinski definition) is 5. The minimum absolute atomic E-state index is 0.100. The van der Waals surface area contributed by atoms with Crippen molar-refractivity contribution in [2.24, 2.45) is 10.9 Å². The average Bonchev–Trinajstić information content (AvgIpc) is 2.54. The van der Waals surface area contributed by atoms with Gasteiger partial charge in [-0.05, 0) is 47.2 Å². The summed E-state index contributed by atoms with van der Waals surface area (Å²) in [4.78, 5) is 18.4. The van der Waals surface area contributed by atoms with Crippen LogP contribution in [0.4, 0.5) is 0 Å². The first kappa shape index (κ1) is 16.1. The van der Waals surface area contributed by atoms with Gasteiger partial charge >= 0.3 is 0 Å². The molecule has 0 radical (unpaired) electrons.